The second-order valence-corrected chi connectivity index (χ2v) is 6.39. The van der Waals surface area contributed by atoms with Crippen LogP contribution in [0.4, 0.5) is 23.4 Å². The molecule has 0 spiro atoms. The molecular formula is C16H18F4N4. The highest BCUT2D eigenvalue weighted by molar-refractivity contribution is 5.44. The van der Waals surface area contributed by atoms with Gasteiger partial charge in [0.15, 0.2) is 11.6 Å². The smallest absolute Gasteiger partial charge is 0.353 e. The van der Waals surface area contributed by atoms with E-state index in [9.17, 15) is 17.6 Å². The molecule has 8 heteroatoms. The topological polar surface area (TPSA) is 34.0 Å². The molecule has 1 saturated heterocycles. The zero-order chi connectivity index (χ0) is 17.5. The van der Waals surface area contributed by atoms with Crippen molar-refractivity contribution in [2.45, 2.75) is 32.5 Å². The number of imidazole rings is 1. The molecular weight excluding hydrogens is 324 g/mol. The van der Waals surface area contributed by atoms with Crippen LogP contribution < -0.4 is 4.90 Å². The number of anilines is 1. The number of rotatable bonds is 4. The Morgan fingerprint density at radius 1 is 1.25 bits per heavy atom. The van der Waals surface area contributed by atoms with Gasteiger partial charge in [0.2, 0.25) is 0 Å². The Morgan fingerprint density at radius 2 is 1.96 bits per heavy atom. The van der Waals surface area contributed by atoms with Crippen LogP contribution in [0.15, 0.2) is 24.7 Å². The summed E-state index contributed by atoms with van der Waals surface area (Å²) in [5.41, 5.74) is -1.07. The standard InChI is InChI=1S/C16H18F4N4/c1-10(2)14-21-3-4-23(14)7-11-8-24(9-11)15-13(17)5-12(6-22-15)16(18,19)20/h3-6,10-11H,7-9H2,1-2H3. The molecule has 24 heavy (non-hydrogen) atoms. The predicted molar refractivity (Wildman–Crippen MR) is 81.2 cm³/mol. The molecule has 0 unspecified atom stereocenters. The Bertz CT molecular complexity index is 717. The molecule has 0 aliphatic carbocycles. The minimum absolute atomic E-state index is 0.0195. The van der Waals surface area contributed by atoms with E-state index in [2.05, 4.69) is 28.4 Å². The van der Waals surface area contributed by atoms with Gasteiger partial charge in [0.05, 0.1) is 5.56 Å². The van der Waals surface area contributed by atoms with Crippen molar-refractivity contribution in [2.75, 3.05) is 18.0 Å². The highest BCUT2D eigenvalue weighted by atomic mass is 19.4. The SMILES string of the molecule is CC(C)c1nccn1CC1CN(c2ncc(C(F)(F)F)cc2F)C1. The van der Waals surface area contributed by atoms with Crippen molar-refractivity contribution >= 4 is 5.82 Å². The van der Waals surface area contributed by atoms with E-state index in [1.807, 2.05) is 6.20 Å². The van der Waals surface area contributed by atoms with Crippen molar-refractivity contribution in [2.24, 2.45) is 5.92 Å². The van der Waals surface area contributed by atoms with Gasteiger partial charge in [-0.05, 0) is 6.07 Å². The molecule has 0 aromatic carbocycles. The third kappa shape index (κ3) is 3.22. The molecule has 1 aliphatic rings. The maximum atomic E-state index is 13.9. The van der Waals surface area contributed by atoms with Gasteiger partial charge in [0.25, 0.3) is 0 Å². The molecule has 0 amide bonds. The van der Waals surface area contributed by atoms with Crippen molar-refractivity contribution in [3.05, 3.63) is 41.9 Å². The van der Waals surface area contributed by atoms with E-state index in [0.717, 1.165) is 12.4 Å². The molecule has 3 heterocycles. The fourth-order valence-electron chi connectivity index (χ4n) is 2.93. The van der Waals surface area contributed by atoms with Crippen LogP contribution in [0.1, 0.15) is 31.2 Å². The number of aromatic nitrogens is 3. The Morgan fingerprint density at radius 3 is 2.54 bits per heavy atom. The fraction of sp³-hybridized carbons (Fsp3) is 0.500. The molecule has 0 N–H and O–H groups in total. The highest BCUT2D eigenvalue weighted by Crippen LogP contribution is 2.33. The molecule has 0 atom stereocenters. The van der Waals surface area contributed by atoms with Gasteiger partial charge in [-0.1, -0.05) is 13.8 Å². The van der Waals surface area contributed by atoms with Crippen LogP contribution in [-0.2, 0) is 12.7 Å². The summed E-state index contributed by atoms with van der Waals surface area (Å²) in [7, 11) is 0. The van der Waals surface area contributed by atoms with Gasteiger partial charge >= 0.3 is 6.18 Å². The van der Waals surface area contributed by atoms with Gasteiger partial charge in [-0.15, -0.1) is 0 Å². The normalized spacial score (nSPS) is 15.9. The number of halogens is 4. The van der Waals surface area contributed by atoms with Crippen molar-refractivity contribution < 1.29 is 17.6 Å². The number of alkyl halides is 3. The molecule has 1 aliphatic heterocycles. The summed E-state index contributed by atoms with van der Waals surface area (Å²) in [6, 6.07) is 0.502. The van der Waals surface area contributed by atoms with Crippen LogP contribution in [0.3, 0.4) is 0 Å². The minimum Gasteiger partial charge on any atom is -0.353 e. The van der Waals surface area contributed by atoms with E-state index < -0.39 is 17.6 Å². The Labute approximate surface area is 137 Å². The van der Waals surface area contributed by atoms with Crippen LogP contribution in [0, 0.1) is 11.7 Å². The molecule has 2 aromatic heterocycles. The Hall–Kier alpha value is -2.12. The van der Waals surface area contributed by atoms with Crippen molar-refractivity contribution in [3.63, 3.8) is 0 Å². The minimum atomic E-state index is -4.58. The molecule has 0 bridgehead atoms. The number of nitrogens with zero attached hydrogens (tertiary/aromatic N) is 4. The van der Waals surface area contributed by atoms with E-state index in [1.165, 1.54) is 0 Å². The summed E-state index contributed by atoms with van der Waals surface area (Å²) in [6.45, 7) is 6.00. The maximum absolute atomic E-state index is 13.9. The van der Waals surface area contributed by atoms with E-state index in [0.29, 0.717) is 37.2 Å². The fourth-order valence-corrected chi connectivity index (χ4v) is 2.93. The largest absolute Gasteiger partial charge is 0.417 e. The molecule has 130 valence electrons. The summed E-state index contributed by atoms with van der Waals surface area (Å²) in [5, 5.41) is 0. The van der Waals surface area contributed by atoms with Crippen LogP contribution >= 0.6 is 0 Å². The van der Waals surface area contributed by atoms with Gasteiger partial charge in [0.1, 0.15) is 5.82 Å². The summed E-state index contributed by atoms with van der Waals surface area (Å²) in [4.78, 5) is 9.64. The summed E-state index contributed by atoms with van der Waals surface area (Å²) in [5.74, 6) is 0.639. The summed E-state index contributed by atoms with van der Waals surface area (Å²) >= 11 is 0. The van der Waals surface area contributed by atoms with Gasteiger partial charge in [0, 0.05) is 50.1 Å². The molecule has 3 rings (SSSR count). The molecule has 0 radical (unpaired) electrons. The van der Waals surface area contributed by atoms with Crippen molar-refractivity contribution in [1.82, 2.24) is 14.5 Å². The summed E-state index contributed by atoms with van der Waals surface area (Å²) < 4.78 is 53.6. The molecule has 1 fully saturated rings. The zero-order valence-corrected chi connectivity index (χ0v) is 13.4. The molecule has 4 nitrogen and oxygen atoms in total. The van der Waals surface area contributed by atoms with Crippen LogP contribution in [0.2, 0.25) is 0 Å². The van der Waals surface area contributed by atoms with Crippen LogP contribution in [-0.4, -0.2) is 27.6 Å². The molecule has 2 aromatic rings. The third-order valence-electron chi connectivity index (χ3n) is 4.12. The average Bonchev–Trinajstić information content (AvgIpc) is 2.90. The van der Waals surface area contributed by atoms with Crippen molar-refractivity contribution in [3.8, 4) is 0 Å². The lowest BCUT2D eigenvalue weighted by molar-refractivity contribution is -0.138. The lowest BCUT2D eigenvalue weighted by Crippen LogP contribution is -2.49. The number of hydrogen-bond donors (Lipinski definition) is 0. The maximum Gasteiger partial charge on any atom is 0.417 e. The van der Waals surface area contributed by atoms with Crippen molar-refractivity contribution in [1.29, 1.82) is 0 Å². The lowest BCUT2D eigenvalue weighted by Gasteiger charge is -2.40. The zero-order valence-electron chi connectivity index (χ0n) is 13.4. The monoisotopic (exact) mass is 342 g/mol. The average molecular weight is 342 g/mol. The first-order valence-electron chi connectivity index (χ1n) is 7.74. The van der Waals surface area contributed by atoms with Gasteiger partial charge < -0.3 is 9.47 Å². The Kier molecular flexibility index (Phi) is 4.23. The van der Waals surface area contributed by atoms with E-state index in [-0.39, 0.29) is 5.82 Å². The summed E-state index contributed by atoms with van der Waals surface area (Å²) in [6.07, 6.45) is -0.241. The van der Waals surface area contributed by atoms with Crippen LogP contribution in [0.25, 0.3) is 0 Å². The number of hydrogen-bond acceptors (Lipinski definition) is 3. The quantitative estimate of drug-likeness (QED) is 0.795. The second-order valence-electron chi connectivity index (χ2n) is 6.39. The first kappa shape index (κ1) is 16.7. The number of pyridine rings is 1. The lowest BCUT2D eigenvalue weighted by atomic mass is 9.99. The first-order chi connectivity index (χ1) is 11.3. The first-order valence-corrected chi connectivity index (χ1v) is 7.74. The highest BCUT2D eigenvalue weighted by Gasteiger charge is 2.34. The third-order valence-corrected chi connectivity index (χ3v) is 4.12. The molecule has 0 saturated carbocycles. The van der Waals surface area contributed by atoms with E-state index in [1.54, 1.807) is 11.1 Å². The van der Waals surface area contributed by atoms with E-state index >= 15 is 0 Å². The van der Waals surface area contributed by atoms with Gasteiger partial charge in [-0.3, -0.25) is 0 Å². The van der Waals surface area contributed by atoms with E-state index in [4.69, 9.17) is 0 Å². The van der Waals surface area contributed by atoms with Crippen LogP contribution in [0.5, 0.6) is 0 Å². The van der Waals surface area contributed by atoms with Gasteiger partial charge in [-0.25, -0.2) is 14.4 Å². The Balaban J connectivity index is 1.63. The van der Waals surface area contributed by atoms with Gasteiger partial charge in [-0.2, -0.15) is 13.2 Å². The second kappa shape index (κ2) is 6.07. The predicted octanol–water partition coefficient (Wildman–Crippen LogP) is 3.70.